The van der Waals surface area contributed by atoms with Crippen LogP contribution in [0.3, 0.4) is 0 Å². The lowest BCUT2D eigenvalue weighted by Crippen LogP contribution is -2.42. The van der Waals surface area contributed by atoms with Crippen LogP contribution in [-0.2, 0) is 10.2 Å². The minimum absolute atomic E-state index is 0. The van der Waals surface area contributed by atoms with Crippen LogP contribution in [0.1, 0.15) is 31.4 Å². The molecule has 7 heteroatoms. The summed E-state index contributed by atoms with van der Waals surface area (Å²) in [5.41, 5.74) is 4.68. The van der Waals surface area contributed by atoms with Crippen molar-refractivity contribution < 1.29 is 9.18 Å². The van der Waals surface area contributed by atoms with E-state index in [0.29, 0.717) is 11.6 Å². The third-order valence-electron chi connectivity index (χ3n) is 6.63. The molecule has 0 spiro atoms. The molecule has 0 saturated heterocycles. The van der Waals surface area contributed by atoms with Gasteiger partial charge in [0.05, 0.1) is 5.41 Å². The van der Waals surface area contributed by atoms with Gasteiger partial charge in [0.25, 0.3) is 0 Å². The van der Waals surface area contributed by atoms with Gasteiger partial charge in [-0.05, 0) is 67.8 Å². The van der Waals surface area contributed by atoms with Gasteiger partial charge >= 0.3 is 0 Å². The molecule has 5 rings (SSSR count). The highest BCUT2D eigenvalue weighted by Gasteiger charge is 2.43. The van der Waals surface area contributed by atoms with Gasteiger partial charge in [-0.2, -0.15) is 0 Å². The van der Waals surface area contributed by atoms with Crippen LogP contribution in [0.25, 0.3) is 16.5 Å². The minimum atomic E-state index is -0.552. The first-order valence-corrected chi connectivity index (χ1v) is 11.0. The molecule has 1 aromatic heterocycles. The van der Waals surface area contributed by atoms with Gasteiger partial charge in [-0.15, -0.1) is 12.4 Å². The number of H-pyrrole nitrogens is 1. The number of fused-ring (bicyclic) bond motifs is 2. The molecule has 3 aromatic rings. The Morgan fingerprint density at radius 1 is 1.16 bits per heavy atom. The van der Waals surface area contributed by atoms with E-state index in [0.717, 1.165) is 53.8 Å². The summed E-state index contributed by atoms with van der Waals surface area (Å²) in [5.74, 6) is -0.0998. The van der Waals surface area contributed by atoms with Gasteiger partial charge < -0.3 is 9.88 Å². The van der Waals surface area contributed by atoms with E-state index in [1.807, 2.05) is 49.2 Å². The van der Waals surface area contributed by atoms with Crippen LogP contribution in [-0.4, -0.2) is 42.0 Å². The highest BCUT2D eigenvalue weighted by atomic mass is 35.5. The van der Waals surface area contributed by atoms with Crippen LogP contribution >= 0.6 is 24.0 Å². The van der Waals surface area contributed by atoms with Crippen molar-refractivity contribution in [1.29, 1.82) is 0 Å². The van der Waals surface area contributed by atoms with Gasteiger partial charge in [0.15, 0.2) is 0 Å². The zero-order valence-corrected chi connectivity index (χ0v) is 19.7. The molecule has 2 aromatic carbocycles. The standard InChI is InChI=1S/C25H25ClFN3O.ClH/c1-25(2)21-13-17(26)3-6-23(21)30(24(25)31)12-11-29-9-7-16(8-10-29)20-15-28-22-14-18(27)4-5-19(20)22;/h3-7,13-15,28H,8-12H2,1-2H3;1H. The van der Waals surface area contributed by atoms with E-state index < -0.39 is 5.41 Å². The van der Waals surface area contributed by atoms with Gasteiger partial charge in [-0.3, -0.25) is 9.69 Å². The summed E-state index contributed by atoms with van der Waals surface area (Å²) < 4.78 is 13.5. The van der Waals surface area contributed by atoms with E-state index in [9.17, 15) is 9.18 Å². The second kappa shape index (κ2) is 8.54. The van der Waals surface area contributed by atoms with Crippen molar-refractivity contribution in [2.24, 2.45) is 0 Å². The monoisotopic (exact) mass is 473 g/mol. The third kappa shape index (κ3) is 3.83. The Morgan fingerprint density at radius 2 is 1.97 bits per heavy atom. The molecule has 2 aliphatic rings. The largest absolute Gasteiger partial charge is 0.360 e. The molecule has 1 amide bonds. The van der Waals surface area contributed by atoms with E-state index in [1.54, 1.807) is 0 Å². The summed E-state index contributed by atoms with van der Waals surface area (Å²) in [6, 6.07) is 10.6. The van der Waals surface area contributed by atoms with E-state index in [-0.39, 0.29) is 24.1 Å². The molecule has 0 bridgehead atoms. The van der Waals surface area contributed by atoms with Crippen molar-refractivity contribution in [2.45, 2.75) is 25.7 Å². The molecule has 2 aliphatic heterocycles. The third-order valence-corrected chi connectivity index (χ3v) is 6.86. The van der Waals surface area contributed by atoms with E-state index in [4.69, 9.17) is 11.6 Å². The Morgan fingerprint density at radius 3 is 2.72 bits per heavy atom. The van der Waals surface area contributed by atoms with Crippen LogP contribution in [0, 0.1) is 5.82 Å². The topological polar surface area (TPSA) is 39.3 Å². The SMILES string of the molecule is CC1(C)C(=O)N(CCN2CC=C(c3c[nH]c4cc(F)ccc34)CC2)c2ccc(Cl)cc21.Cl. The summed E-state index contributed by atoms with van der Waals surface area (Å²) in [6.45, 7) is 7.17. The number of aromatic nitrogens is 1. The predicted molar refractivity (Wildman–Crippen MR) is 131 cm³/mol. The van der Waals surface area contributed by atoms with Gasteiger partial charge in [0.2, 0.25) is 5.91 Å². The number of anilines is 1. The molecule has 168 valence electrons. The second-order valence-corrected chi connectivity index (χ2v) is 9.35. The Labute approximate surface area is 198 Å². The van der Waals surface area contributed by atoms with Crippen molar-refractivity contribution in [3.8, 4) is 0 Å². The number of benzene rings is 2. The molecule has 0 unspecified atom stereocenters. The normalized spacial score (nSPS) is 17.9. The molecule has 32 heavy (non-hydrogen) atoms. The molecule has 3 heterocycles. The average molecular weight is 474 g/mol. The van der Waals surface area contributed by atoms with Crippen LogP contribution in [0.5, 0.6) is 0 Å². The molecular formula is C25H26Cl2FN3O. The molecule has 0 saturated carbocycles. The zero-order chi connectivity index (χ0) is 21.8. The number of amides is 1. The van der Waals surface area contributed by atoms with Gasteiger partial charge in [0, 0.05) is 59.6 Å². The predicted octanol–water partition coefficient (Wildman–Crippen LogP) is 5.80. The molecule has 0 atom stereocenters. The van der Waals surface area contributed by atoms with Crippen LogP contribution in [0.4, 0.5) is 10.1 Å². The first-order chi connectivity index (χ1) is 14.8. The second-order valence-electron chi connectivity index (χ2n) is 8.92. The van der Waals surface area contributed by atoms with Crippen molar-refractivity contribution in [3.63, 3.8) is 0 Å². The molecule has 0 fully saturated rings. The van der Waals surface area contributed by atoms with Gasteiger partial charge in [-0.25, -0.2) is 4.39 Å². The molecule has 0 radical (unpaired) electrons. The fraction of sp³-hybridized carbons (Fsp3) is 0.320. The Hall–Kier alpha value is -2.34. The average Bonchev–Trinajstić information content (AvgIpc) is 3.24. The highest BCUT2D eigenvalue weighted by molar-refractivity contribution is 6.31. The first-order valence-electron chi connectivity index (χ1n) is 10.6. The number of rotatable bonds is 4. The smallest absolute Gasteiger partial charge is 0.237 e. The summed E-state index contributed by atoms with van der Waals surface area (Å²) in [5, 5.41) is 1.72. The molecular weight excluding hydrogens is 448 g/mol. The number of halogens is 3. The molecule has 1 N–H and O–H groups in total. The van der Waals surface area contributed by atoms with Crippen molar-refractivity contribution in [1.82, 2.24) is 9.88 Å². The van der Waals surface area contributed by atoms with Crippen molar-refractivity contribution >= 4 is 52.1 Å². The van der Waals surface area contributed by atoms with Crippen molar-refractivity contribution in [3.05, 3.63) is 70.6 Å². The van der Waals surface area contributed by atoms with Gasteiger partial charge in [0.1, 0.15) is 5.82 Å². The maximum absolute atomic E-state index is 13.5. The van der Waals surface area contributed by atoms with Gasteiger partial charge in [-0.1, -0.05) is 17.7 Å². The number of carbonyl (C=O) groups excluding carboxylic acids is 1. The van der Waals surface area contributed by atoms with Crippen molar-refractivity contribution in [2.75, 3.05) is 31.1 Å². The van der Waals surface area contributed by atoms with Crippen LogP contribution < -0.4 is 4.90 Å². The van der Waals surface area contributed by atoms with Crippen LogP contribution in [0.15, 0.2) is 48.7 Å². The lowest BCUT2D eigenvalue weighted by molar-refractivity contribution is -0.122. The molecule has 0 aliphatic carbocycles. The summed E-state index contributed by atoms with van der Waals surface area (Å²) >= 11 is 6.18. The highest BCUT2D eigenvalue weighted by Crippen LogP contribution is 2.42. The fourth-order valence-corrected chi connectivity index (χ4v) is 4.96. The summed E-state index contributed by atoms with van der Waals surface area (Å²) in [6.07, 6.45) is 5.15. The lowest BCUT2D eigenvalue weighted by atomic mass is 9.86. The van der Waals surface area contributed by atoms with E-state index in [1.165, 1.54) is 17.7 Å². The lowest BCUT2D eigenvalue weighted by Gasteiger charge is -2.29. The van der Waals surface area contributed by atoms with E-state index in [2.05, 4.69) is 16.0 Å². The Balaban J connectivity index is 0.00000245. The first kappa shape index (κ1) is 22.8. The Bertz CT molecular complexity index is 1220. The maximum atomic E-state index is 13.5. The minimum Gasteiger partial charge on any atom is -0.360 e. The van der Waals surface area contributed by atoms with E-state index >= 15 is 0 Å². The molecule has 4 nitrogen and oxygen atoms in total. The van der Waals surface area contributed by atoms with Crippen LogP contribution in [0.2, 0.25) is 5.02 Å². The summed E-state index contributed by atoms with van der Waals surface area (Å²) in [7, 11) is 0. The number of nitrogens with zero attached hydrogens (tertiary/aromatic N) is 2. The number of carbonyl (C=O) groups is 1. The Kier molecular flexibility index (Phi) is 6.10. The zero-order valence-electron chi connectivity index (χ0n) is 18.1. The maximum Gasteiger partial charge on any atom is 0.237 e. The number of aromatic amines is 1. The quantitative estimate of drug-likeness (QED) is 0.520. The fourth-order valence-electron chi connectivity index (χ4n) is 4.79. The summed E-state index contributed by atoms with van der Waals surface area (Å²) in [4.78, 5) is 20.5. The number of hydrogen-bond donors (Lipinski definition) is 1. The number of nitrogens with one attached hydrogen (secondary N) is 1. The number of hydrogen-bond acceptors (Lipinski definition) is 2.